The number of nitrogens with one attached hydrogen (secondary N) is 4. The average Bonchev–Trinajstić information content (AvgIpc) is 3.82. The Labute approximate surface area is 403 Å². The molecule has 68 heavy (non-hydrogen) atoms. The third kappa shape index (κ3) is 16.7. The number of likely N-dealkylation sites (tertiary alicyclic amines) is 1. The Balaban J connectivity index is 1.42. The van der Waals surface area contributed by atoms with Crippen LogP contribution >= 0.6 is 11.3 Å². The van der Waals surface area contributed by atoms with Gasteiger partial charge in [0.2, 0.25) is 17.7 Å². The van der Waals surface area contributed by atoms with Crippen LogP contribution in [0.2, 0.25) is 0 Å². The van der Waals surface area contributed by atoms with Crippen molar-refractivity contribution in [2.75, 3.05) is 66.3 Å². The van der Waals surface area contributed by atoms with Crippen molar-refractivity contribution in [3.05, 3.63) is 68.0 Å². The van der Waals surface area contributed by atoms with Crippen LogP contribution in [0, 0.1) is 5.92 Å². The van der Waals surface area contributed by atoms with Crippen LogP contribution in [0.4, 0.5) is 4.79 Å². The van der Waals surface area contributed by atoms with Gasteiger partial charge in [0.25, 0.3) is 5.91 Å². The maximum absolute atomic E-state index is 14.7. The van der Waals surface area contributed by atoms with Crippen molar-refractivity contribution >= 4 is 41.1 Å². The minimum Gasteiger partial charge on any atom is -0.508 e. The third-order valence-electron chi connectivity index (χ3n) is 12.2. The Kier molecular flexibility index (Phi) is 23.5. The number of aromatic nitrogens is 1. The number of fused-ring (bicyclic) bond motifs is 1. The number of likely N-dealkylation sites (N-methyl/N-ethyl adjacent to an activating group) is 1. The van der Waals surface area contributed by atoms with Gasteiger partial charge in [-0.15, -0.1) is 11.3 Å². The second-order valence-electron chi connectivity index (χ2n) is 17.4. The van der Waals surface area contributed by atoms with E-state index >= 15 is 0 Å². The number of hydrogen-bond acceptors (Lipinski definition) is 14. The molecule has 2 aromatic rings. The number of hydrazine groups is 1. The molecular formula is C47H72N10O10S. The van der Waals surface area contributed by atoms with Crippen molar-refractivity contribution in [1.29, 1.82) is 0 Å². The molecule has 1 unspecified atom stereocenters. The fourth-order valence-corrected chi connectivity index (χ4v) is 9.25. The second-order valence-corrected chi connectivity index (χ2v) is 18.3. The smallest absolute Gasteiger partial charge is 0.426 e. The lowest BCUT2D eigenvalue weighted by molar-refractivity contribution is -0.141. The molecule has 1 aromatic carbocycles. The number of rotatable bonds is 27. The Morgan fingerprint density at radius 1 is 1.04 bits per heavy atom. The second kappa shape index (κ2) is 28.9. The minimum absolute atomic E-state index is 0.0341. The summed E-state index contributed by atoms with van der Waals surface area (Å²) >= 11 is 1.28. The Bertz CT molecular complexity index is 2030. The summed E-state index contributed by atoms with van der Waals surface area (Å²) < 4.78 is 22.1. The number of phenols is 1. The van der Waals surface area contributed by atoms with Crippen LogP contribution in [0.15, 0.2) is 40.8 Å². The van der Waals surface area contributed by atoms with Crippen LogP contribution in [-0.4, -0.2) is 140 Å². The van der Waals surface area contributed by atoms with Crippen molar-refractivity contribution < 1.29 is 48.0 Å². The summed E-state index contributed by atoms with van der Waals surface area (Å²) in [6, 6.07) is 2.73. The zero-order chi connectivity index (χ0) is 49.6. The third-order valence-corrected chi connectivity index (χ3v) is 13.1. The molecule has 1 aliphatic heterocycles. The summed E-state index contributed by atoms with van der Waals surface area (Å²) in [5, 5.41) is 22.1. The van der Waals surface area contributed by atoms with E-state index in [2.05, 4.69) is 43.0 Å². The van der Waals surface area contributed by atoms with Gasteiger partial charge in [-0.2, -0.15) is 0 Å². The highest BCUT2D eigenvalue weighted by atomic mass is 32.1. The number of ether oxygens (including phenoxy) is 4. The number of benzene rings is 1. The molecule has 1 aliphatic carbocycles. The van der Waals surface area contributed by atoms with Gasteiger partial charge in [0.05, 0.1) is 44.4 Å². The van der Waals surface area contributed by atoms with Gasteiger partial charge in [-0.25, -0.2) is 15.2 Å². The number of aromatic hydroxyl groups is 1. The topological polar surface area (TPSA) is 259 Å². The molecule has 2 heterocycles. The van der Waals surface area contributed by atoms with Gasteiger partial charge < -0.3 is 39.6 Å². The molecule has 0 saturated carbocycles. The number of thiazole rings is 1. The molecule has 1 saturated heterocycles. The SMILES string of the molecule is C=C(C)[C@@H](C[C@@H](OCCC)c1nc(C(=O)NC2Cc3ccc(O)cc3[C@H](C(=O)NNC(=O)OCCOCCOCCN=[N+]=[N-])C2)cs1)N(CCC)C(=O)[C@@H](NC(=O)[C@H]1CCCCN1C)[C@@H](C)CC. The van der Waals surface area contributed by atoms with Gasteiger partial charge in [-0.05, 0) is 93.7 Å². The molecule has 1 fully saturated rings. The zero-order valence-electron chi connectivity index (χ0n) is 40.5. The number of carbonyl (C=O) groups excluding carboxylic acids is 5. The fourth-order valence-electron chi connectivity index (χ4n) is 8.39. The first-order chi connectivity index (χ1) is 32.7. The highest BCUT2D eigenvalue weighted by Gasteiger charge is 2.38. The number of phenolic OH excluding ortho intramolecular Hbond substituents is 1. The maximum atomic E-state index is 14.7. The lowest BCUT2D eigenvalue weighted by Crippen LogP contribution is -2.58. The van der Waals surface area contributed by atoms with Crippen molar-refractivity contribution in [2.24, 2.45) is 11.0 Å². The van der Waals surface area contributed by atoms with Crippen LogP contribution in [0.25, 0.3) is 10.4 Å². The van der Waals surface area contributed by atoms with E-state index in [0.717, 1.165) is 43.4 Å². The first kappa shape index (κ1) is 55.3. The molecule has 2 aliphatic rings. The van der Waals surface area contributed by atoms with Gasteiger partial charge in [0.15, 0.2) is 0 Å². The van der Waals surface area contributed by atoms with Gasteiger partial charge >= 0.3 is 6.09 Å². The molecule has 0 bridgehead atoms. The van der Waals surface area contributed by atoms with Crippen molar-refractivity contribution in [1.82, 2.24) is 36.3 Å². The Morgan fingerprint density at radius 3 is 2.49 bits per heavy atom. The van der Waals surface area contributed by atoms with E-state index in [1.165, 1.54) is 23.5 Å². The molecule has 20 nitrogen and oxygen atoms in total. The molecule has 4 rings (SSSR count). The van der Waals surface area contributed by atoms with Crippen molar-refractivity contribution in [3.8, 4) is 5.75 Å². The molecule has 5 amide bonds. The van der Waals surface area contributed by atoms with E-state index < -0.39 is 48.1 Å². The average molecular weight is 969 g/mol. The van der Waals surface area contributed by atoms with E-state index in [1.54, 1.807) is 11.4 Å². The lowest BCUT2D eigenvalue weighted by atomic mass is 9.79. The molecular weight excluding hydrogens is 897 g/mol. The standard InChI is InChI=1S/C47H72N10O10S/c1-8-17-57(46(62)41(31(6)10-3)52-44(61)38-13-11-12-18-56(38)7)39(30(4)5)28-40(66-19-9-2)45-51-37(29-68-45)43(60)50-33-25-32-14-15-34(58)27-35(32)36(26-33)42(59)53-54-47(63)67-24-23-65-22-21-64-20-16-49-55-48/h14-15,27,29,31,33,36,38-41,58H,4,8-13,16-26,28H2,1-3,5-7H3,(H,50,60)(H,52,61)(H,53,59)(H,54,63)/t31-,33?,36+,38+,39+,40+,41-/m0/s1. The molecule has 376 valence electrons. The predicted molar refractivity (Wildman–Crippen MR) is 257 cm³/mol. The summed E-state index contributed by atoms with van der Waals surface area (Å²) in [6.07, 6.45) is 4.21. The van der Waals surface area contributed by atoms with E-state index in [1.807, 2.05) is 46.6 Å². The van der Waals surface area contributed by atoms with E-state index in [0.29, 0.717) is 49.4 Å². The largest absolute Gasteiger partial charge is 0.508 e. The van der Waals surface area contributed by atoms with E-state index in [9.17, 15) is 29.1 Å². The molecule has 7 atom stereocenters. The monoisotopic (exact) mass is 969 g/mol. The summed E-state index contributed by atoms with van der Waals surface area (Å²) in [6.45, 7) is 16.9. The maximum Gasteiger partial charge on any atom is 0.426 e. The number of piperidine rings is 1. The van der Waals surface area contributed by atoms with Gasteiger partial charge in [-0.3, -0.25) is 29.5 Å². The van der Waals surface area contributed by atoms with Gasteiger partial charge in [-0.1, -0.05) is 63.9 Å². The first-order valence-corrected chi connectivity index (χ1v) is 24.7. The van der Waals surface area contributed by atoms with Gasteiger partial charge in [0, 0.05) is 42.5 Å². The predicted octanol–water partition coefficient (Wildman–Crippen LogP) is 5.83. The van der Waals surface area contributed by atoms with E-state index in [-0.39, 0.29) is 81.2 Å². The van der Waals surface area contributed by atoms with Crippen LogP contribution in [-0.2, 0) is 39.8 Å². The first-order valence-electron chi connectivity index (χ1n) is 23.8. The number of carbonyl (C=O) groups is 5. The highest BCUT2D eigenvalue weighted by Crippen LogP contribution is 2.35. The van der Waals surface area contributed by atoms with Crippen molar-refractivity contribution in [2.45, 2.75) is 129 Å². The highest BCUT2D eigenvalue weighted by molar-refractivity contribution is 7.09. The zero-order valence-corrected chi connectivity index (χ0v) is 41.3. The van der Waals surface area contributed by atoms with E-state index in [4.69, 9.17) is 29.5 Å². The number of azide groups is 1. The van der Waals surface area contributed by atoms with Crippen LogP contribution < -0.4 is 21.5 Å². The summed E-state index contributed by atoms with van der Waals surface area (Å²) in [5.41, 5.74) is 15.1. The lowest BCUT2D eigenvalue weighted by Gasteiger charge is -2.39. The Hall–Kier alpha value is -5.31. The molecule has 0 spiro atoms. The number of amides is 5. The molecule has 1 aromatic heterocycles. The molecule has 0 radical (unpaired) electrons. The Morgan fingerprint density at radius 2 is 1.79 bits per heavy atom. The number of nitrogens with zero attached hydrogens (tertiary/aromatic N) is 6. The summed E-state index contributed by atoms with van der Waals surface area (Å²) in [5.74, 6) is -2.33. The van der Waals surface area contributed by atoms with Crippen molar-refractivity contribution in [3.63, 3.8) is 0 Å². The summed E-state index contributed by atoms with van der Waals surface area (Å²) in [7, 11) is 1.95. The summed E-state index contributed by atoms with van der Waals surface area (Å²) in [4.78, 5) is 79.5. The van der Waals surface area contributed by atoms with Gasteiger partial charge in [0.1, 0.15) is 35.2 Å². The normalized spacial score (nSPS) is 18.6. The van der Waals surface area contributed by atoms with Crippen LogP contribution in [0.5, 0.6) is 5.75 Å². The quantitative estimate of drug-likeness (QED) is 0.0177. The number of hydrogen-bond donors (Lipinski definition) is 5. The van der Waals surface area contributed by atoms with Crippen LogP contribution in [0.1, 0.15) is 125 Å². The molecule has 5 N–H and O–H groups in total. The fraction of sp³-hybridized carbons (Fsp3) is 0.660. The molecule has 21 heteroatoms. The minimum atomic E-state index is -0.911. The van der Waals surface area contributed by atoms with Crippen LogP contribution in [0.3, 0.4) is 0 Å².